The highest BCUT2D eigenvalue weighted by Crippen LogP contribution is 2.32. The van der Waals surface area contributed by atoms with Crippen molar-refractivity contribution in [2.24, 2.45) is 0 Å². The summed E-state index contributed by atoms with van der Waals surface area (Å²) < 4.78 is 7.01. The maximum Gasteiger partial charge on any atom is 0.261 e. The fourth-order valence-corrected chi connectivity index (χ4v) is 4.95. The maximum absolute atomic E-state index is 13.2. The molecule has 5 rings (SSSR count). The number of hydrogen-bond donors (Lipinski definition) is 0. The molecule has 0 N–H and O–H groups in total. The van der Waals surface area contributed by atoms with Gasteiger partial charge in [-0.25, -0.2) is 4.98 Å². The molecule has 1 amide bonds. The van der Waals surface area contributed by atoms with Crippen LogP contribution in [0, 0.1) is 13.8 Å². The predicted octanol–water partition coefficient (Wildman–Crippen LogP) is 2.55. The quantitative estimate of drug-likeness (QED) is 0.684. The van der Waals surface area contributed by atoms with E-state index in [1.165, 1.54) is 0 Å². The number of para-hydroxylation sites is 1. The summed E-state index contributed by atoms with van der Waals surface area (Å²) in [6.07, 6.45) is 3.58. The lowest BCUT2D eigenvalue weighted by Gasteiger charge is -2.28. The number of nitrogens with zero attached hydrogens (tertiary/aromatic N) is 4. The van der Waals surface area contributed by atoms with Crippen LogP contribution in [0.3, 0.4) is 0 Å². The standard InChI is InChI=1S/C22H24N4O3/c1-13-17(14(2)29-24-13)9-10-21(27)26-15-7-8-16(26)12-25-20(11-15)23-19-6-4-3-5-18(19)22(25)28/h3-6,15-16H,7-12H2,1-2H3. The van der Waals surface area contributed by atoms with Gasteiger partial charge in [0.1, 0.15) is 11.6 Å². The number of carbonyl (C=O) groups is 1. The van der Waals surface area contributed by atoms with Crippen LogP contribution in [0.5, 0.6) is 0 Å². The molecule has 2 unspecified atom stereocenters. The fraction of sp³-hybridized carbons (Fsp3) is 0.455. The van der Waals surface area contributed by atoms with Gasteiger partial charge in [0.15, 0.2) is 0 Å². The summed E-state index contributed by atoms with van der Waals surface area (Å²) in [5.41, 5.74) is 2.61. The van der Waals surface area contributed by atoms with Crippen LogP contribution >= 0.6 is 0 Å². The highest BCUT2D eigenvalue weighted by Gasteiger charge is 2.40. The number of amides is 1. The van der Waals surface area contributed by atoms with Crippen LogP contribution in [0.2, 0.25) is 0 Å². The number of aromatic nitrogens is 3. The Morgan fingerprint density at radius 2 is 2.00 bits per heavy atom. The van der Waals surface area contributed by atoms with Crippen molar-refractivity contribution in [1.82, 2.24) is 19.6 Å². The van der Waals surface area contributed by atoms with Gasteiger partial charge in [-0.1, -0.05) is 17.3 Å². The summed E-state index contributed by atoms with van der Waals surface area (Å²) in [5, 5.41) is 4.62. The summed E-state index contributed by atoms with van der Waals surface area (Å²) in [6, 6.07) is 7.64. The van der Waals surface area contributed by atoms with Gasteiger partial charge in [-0.15, -0.1) is 0 Å². The van der Waals surface area contributed by atoms with Crippen LogP contribution in [-0.2, 0) is 24.2 Å². The Hall–Kier alpha value is -2.96. The van der Waals surface area contributed by atoms with Crippen molar-refractivity contribution in [2.75, 3.05) is 0 Å². The van der Waals surface area contributed by atoms with Crippen LogP contribution in [0.1, 0.15) is 42.1 Å². The Labute approximate surface area is 168 Å². The van der Waals surface area contributed by atoms with Gasteiger partial charge in [-0.05, 0) is 45.2 Å². The van der Waals surface area contributed by atoms with Gasteiger partial charge in [0.05, 0.1) is 22.6 Å². The number of benzene rings is 1. The number of hydrogen-bond acceptors (Lipinski definition) is 5. The van der Waals surface area contributed by atoms with E-state index in [-0.39, 0.29) is 23.6 Å². The number of fused-ring (bicyclic) bond motifs is 4. The van der Waals surface area contributed by atoms with E-state index in [2.05, 4.69) is 5.16 Å². The number of rotatable bonds is 3. The minimum atomic E-state index is 0.00118. The highest BCUT2D eigenvalue weighted by molar-refractivity contribution is 5.78. The Balaban J connectivity index is 1.42. The predicted molar refractivity (Wildman–Crippen MR) is 108 cm³/mol. The molecule has 2 aliphatic heterocycles. The monoisotopic (exact) mass is 392 g/mol. The molecule has 2 bridgehead atoms. The normalized spacial score (nSPS) is 20.7. The van der Waals surface area contributed by atoms with Crippen LogP contribution in [0.15, 0.2) is 33.6 Å². The smallest absolute Gasteiger partial charge is 0.261 e. The largest absolute Gasteiger partial charge is 0.361 e. The van der Waals surface area contributed by atoms with Crippen molar-refractivity contribution in [1.29, 1.82) is 0 Å². The molecular formula is C22H24N4O3. The molecule has 2 atom stereocenters. The molecule has 29 heavy (non-hydrogen) atoms. The van der Waals surface area contributed by atoms with E-state index in [9.17, 15) is 9.59 Å². The van der Waals surface area contributed by atoms with Crippen LogP contribution < -0.4 is 5.56 Å². The van der Waals surface area contributed by atoms with Gasteiger partial charge in [0, 0.05) is 31.0 Å². The van der Waals surface area contributed by atoms with Gasteiger partial charge >= 0.3 is 0 Å². The molecule has 0 saturated carbocycles. The zero-order valence-corrected chi connectivity index (χ0v) is 16.7. The molecule has 0 radical (unpaired) electrons. The lowest BCUT2D eigenvalue weighted by atomic mass is 10.1. The second-order valence-corrected chi connectivity index (χ2v) is 8.15. The van der Waals surface area contributed by atoms with Gasteiger partial charge in [-0.2, -0.15) is 0 Å². The van der Waals surface area contributed by atoms with E-state index in [4.69, 9.17) is 9.51 Å². The molecule has 1 saturated heterocycles. The first kappa shape index (κ1) is 18.1. The summed E-state index contributed by atoms with van der Waals surface area (Å²) in [6.45, 7) is 4.32. The van der Waals surface area contributed by atoms with Gasteiger partial charge in [0.25, 0.3) is 5.56 Å². The van der Waals surface area contributed by atoms with Crippen molar-refractivity contribution < 1.29 is 9.32 Å². The zero-order chi connectivity index (χ0) is 20.1. The minimum Gasteiger partial charge on any atom is -0.361 e. The Morgan fingerprint density at radius 3 is 2.79 bits per heavy atom. The molecule has 150 valence electrons. The highest BCUT2D eigenvalue weighted by atomic mass is 16.5. The third-order valence-electron chi connectivity index (χ3n) is 6.43. The maximum atomic E-state index is 13.2. The third-order valence-corrected chi connectivity index (χ3v) is 6.43. The molecule has 1 fully saturated rings. The van der Waals surface area contributed by atoms with Crippen LogP contribution in [-0.4, -0.2) is 37.6 Å². The van der Waals surface area contributed by atoms with Gasteiger partial charge in [-0.3, -0.25) is 14.2 Å². The third kappa shape index (κ3) is 2.96. The first-order valence-corrected chi connectivity index (χ1v) is 10.2. The second kappa shape index (κ2) is 6.83. The Kier molecular flexibility index (Phi) is 4.26. The fourth-order valence-electron chi connectivity index (χ4n) is 4.95. The van der Waals surface area contributed by atoms with Crippen molar-refractivity contribution in [3.8, 4) is 0 Å². The van der Waals surface area contributed by atoms with Crippen molar-refractivity contribution in [2.45, 2.75) is 64.6 Å². The van der Waals surface area contributed by atoms with Crippen LogP contribution in [0.25, 0.3) is 10.9 Å². The first-order valence-electron chi connectivity index (χ1n) is 10.2. The van der Waals surface area contributed by atoms with Gasteiger partial charge in [0.2, 0.25) is 5.91 Å². The molecule has 2 aliphatic rings. The minimum absolute atomic E-state index is 0.00118. The van der Waals surface area contributed by atoms with E-state index in [0.29, 0.717) is 31.2 Å². The molecule has 3 aromatic rings. The summed E-state index contributed by atoms with van der Waals surface area (Å²) >= 11 is 0. The molecule has 0 aliphatic carbocycles. The van der Waals surface area contributed by atoms with Crippen LogP contribution in [0.4, 0.5) is 0 Å². The molecule has 4 heterocycles. The summed E-state index contributed by atoms with van der Waals surface area (Å²) in [7, 11) is 0. The topological polar surface area (TPSA) is 81.2 Å². The number of carbonyl (C=O) groups excluding carboxylic acids is 1. The number of aryl methyl sites for hydroxylation is 2. The van der Waals surface area contributed by atoms with E-state index in [1.54, 1.807) is 4.57 Å². The average Bonchev–Trinajstić information content (AvgIpc) is 3.19. The summed E-state index contributed by atoms with van der Waals surface area (Å²) in [4.78, 5) is 33.0. The first-order chi connectivity index (χ1) is 14.0. The van der Waals surface area contributed by atoms with E-state index in [0.717, 1.165) is 41.2 Å². The zero-order valence-electron chi connectivity index (χ0n) is 16.7. The Morgan fingerprint density at radius 1 is 1.21 bits per heavy atom. The second-order valence-electron chi connectivity index (χ2n) is 8.15. The molecule has 2 aromatic heterocycles. The Bertz CT molecular complexity index is 1140. The molecule has 7 nitrogen and oxygen atoms in total. The molecule has 7 heteroatoms. The molecule has 0 spiro atoms. The average molecular weight is 392 g/mol. The van der Waals surface area contributed by atoms with Crippen molar-refractivity contribution in [3.05, 3.63) is 57.5 Å². The lowest BCUT2D eigenvalue weighted by Crippen LogP contribution is -2.42. The van der Waals surface area contributed by atoms with E-state index < -0.39 is 0 Å². The molecule has 1 aromatic carbocycles. The lowest BCUT2D eigenvalue weighted by molar-refractivity contribution is -0.134. The van der Waals surface area contributed by atoms with Crippen molar-refractivity contribution in [3.63, 3.8) is 0 Å². The van der Waals surface area contributed by atoms with Crippen molar-refractivity contribution >= 4 is 16.8 Å². The molecular weight excluding hydrogens is 368 g/mol. The van der Waals surface area contributed by atoms with E-state index >= 15 is 0 Å². The van der Waals surface area contributed by atoms with E-state index in [1.807, 2.05) is 43.0 Å². The van der Waals surface area contributed by atoms with Gasteiger partial charge < -0.3 is 9.42 Å². The SMILES string of the molecule is Cc1noc(C)c1CCC(=O)N1C2CCC1Cn1c(nc3ccccc3c1=O)C2. The summed E-state index contributed by atoms with van der Waals surface area (Å²) in [5.74, 6) is 1.72.